The van der Waals surface area contributed by atoms with Crippen molar-refractivity contribution in [3.8, 4) is 0 Å². The Kier molecular flexibility index (Phi) is 4.20. The van der Waals surface area contributed by atoms with Crippen molar-refractivity contribution in [3.63, 3.8) is 0 Å². The Balaban J connectivity index is 3.85. The van der Waals surface area contributed by atoms with Gasteiger partial charge in [0, 0.05) is 4.92 Å². The molecule has 0 fully saturated rings. The van der Waals surface area contributed by atoms with Crippen LogP contribution in [-0.4, -0.2) is 29.6 Å². The fourth-order valence-corrected chi connectivity index (χ4v) is 0.555. The number of carbonyl (C=O) groups is 1. The molecule has 12 heavy (non-hydrogen) atoms. The highest BCUT2D eigenvalue weighted by molar-refractivity contribution is 5.75. The summed E-state index contributed by atoms with van der Waals surface area (Å²) in [5.74, 6) is -0.735. The van der Waals surface area contributed by atoms with Crippen LogP contribution in [0.1, 0.15) is 13.8 Å². The van der Waals surface area contributed by atoms with Crippen molar-refractivity contribution in [3.05, 3.63) is 10.1 Å². The number of nitro groups is 1. The SMILES string of the molecule is CC(C)OC(=O)C(N)C[N+](=O)[O-]. The van der Waals surface area contributed by atoms with Crippen molar-refractivity contribution in [1.82, 2.24) is 0 Å². The smallest absolute Gasteiger partial charge is 0.330 e. The molecule has 0 spiro atoms. The van der Waals surface area contributed by atoms with Crippen molar-refractivity contribution in [2.45, 2.75) is 26.0 Å². The standard InChI is InChI=1S/C6H12N2O4/c1-4(2)12-6(9)5(7)3-8(10)11/h4-5H,3,7H2,1-2H3. The van der Waals surface area contributed by atoms with Gasteiger partial charge in [0.25, 0.3) is 0 Å². The second-order valence-electron chi connectivity index (χ2n) is 2.61. The molecule has 0 aliphatic heterocycles. The van der Waals surface area contributed by atoms with Crippen LogP contribution in [0.15, 0.2) is 0 Å². The number of ether oxygens (including phenoxy) is 1. The zero-order chi connectivity index (χ0) is 9.72. The summed E-state index contributed by atoms with van der Waals surface area (Å²) < 4.78 is 4.64. The highest BCUT2D eigenvalue weighted by Gasteiger charge is 2.21. The second kappa shape index (κ2) is 4.66. The van der Waals surface area contributed by atoms with E-state index in [9.17, 15) is 14.9 Å². The third-order valence-electron chi connectivity index (χ3n) is 1.00. The molecule has 6 nitrogen and oxygen atoms in total. The molecule has 0 saturated carbocycles. The summed E-state index contributed by atoms with van der Waals surface area (Å²) >= 11 is 0. The largest absolute Gasteiger partial charge is 0.462 e. The minimum atomic E-state index is -1.16. The average molecular weight is 176 g/mol. The molecule has 0 amide bonds. The van der Waals surface area contributed by atoms with E-state index in [2.05, 4.69) is 4.74 Å². The summed E-state index contributed by atoms with van der Waals surface area (Å²) in [6, 6.07) is -1.16. The Morgan fingerprint density at radius 3 is 2.50 bits per heavy atom. The summed E-state index contributed by atoms with van der Waals surface area (Å²) in [4.78, 5) is 20.1. The molecular formula is C6H12N2O4. The molecule has 0 aromatic heterocycles. The van der Waals surface area contributed by atoms with Gasteiger partial charge in [-0.15, -0.1) is 0 Å². The fourth-order valence-electron chi connectivity index (χ4n) is 0.555. The van der Waals surface area contributed by atoms with Crippen LogP contribution in [0, 0.1) is 10.1 Å². The van der Waals surface area contributed by atoms with Gasteiger partial charge in [-0.2, -0.15) is 0 Å². The molecule has 0 bridgehead atoms. The van der Waals surface area contributed by atoms with Crippen LogP contribution < -0.4 is 5.73 Å². The van der Waals surface area contributed by atoms with E-state index in [1.54, 1.807) is 13.8 Å². The average Bonchev–Trinajstić information content (AvgIpc) is 1.84. The summed E-state index contributed by atoms with van der Waals surface area (Å²) in [6.07, 6.45) is -0.296. The van der Waals surface area contributed by atoms with Crippen molar-refractivity contribution in [2.75, 3.05) is 6.54 Å². The summed E-state index contributed by atoms with van der Waals surface area (Å²) in [6.45, 7) is 2.71. The van der Waals surface area contributed by atoms with Crippen LogP contribution in [-0.2, 0) is 9.53 Å². The first-order valence-electron chi connectivity index (χ1n) is 3.51. The van der Waals surface area contributed by atoms with E-state index in [0.717, 1.165) is 0 Å². The Hall–Kier alpha value is -1.17. The highest BCUT2D eigenvalue weighted by atomic mass is 16.6. The van der Waals surface area contributed by atoms with Gasteiger partial charge in [0.1, 0.15) is 0 Å². The van der Waals surface area contributed by atoms with E-state index in [-0.39, 0.29) is 6.10 Å². The van der Waals surface area contributed by atoms with Crippen molar-refractivity contribution in [1.29, 1.82) is 0 Å². The Labute approximate surface area is 69.8 Å². The van der Waals surface area contributed by atoms with Crippen LogP contribution in [0.5, 0.6) is 0 Å². The van der Waals surface area contributed by atoms with E-state index >= 15 is 0 Å². The number of esters is 1. The molecule has 0 rings (SSSR count). The van der Waals surface area contributed by atoms with Crippen LogP contribution >= 0.6 is 0 Å². The van der Waals surface area contributed by atoms with E-state index in [1.165, 1.54) is 0 Å². The molecule has 1 unspecified atom stereocenters. The van der Waals surface area contributed by atoms with Gasteiger partial charge in [0.2, 0.25) is 6.54 Å². The van der Waals surface area contributed by atoms with Gasteiger partial charge in [0.15, 0.2) is 6.04 Å². The van der Waals surface area contributed by atoms with Gasteiger partial charge in [0.05, 0.1) is 6.10 Å². The number of nitrogens with two attached hydrogens (primary N) is 1. The predicted octanol–water partition coefficient (Wildman–Crippen LogP) is -0.458. The molecule has 1 atom stereocenters. The molecule has 0 heterocycles. The summed E-state index contributed by atoms with van der Waals surface area (Å²) in [5, 5.41) is 9.92. The normalized spacial score (nSPS) is 12.7. The van der Waals surface area contributed by atoms with Gasteiger partial charge in [-0.3, -0.25) is 14.9 Å². The van der Waals surface area contributed by atoms with E-state index in [0.29, 0.717) is 0 Å². The number of nitrogens with zero attached hydrogens (tertiary/aromatic N) is 1. The maximum Gasteiger partial charge on any atom is 0.330 e. The maximum atomic E-state index is 10.8. The first kappa shape index (κ1) is 10.8. The Morgan fingerprint density at radius 1 is 1.67 bits per heavy atom. The number of carbonyl (C=O) groups excluding carboxylic acids is 1. The maximum absolute atomic E-state index is 10.8. The molecule has 0 aliphatic carbocycles. The predicted molar refractivity (Wildman–Crippen MR) is 41.1 cm³/mol. The van der Waals surface area contributed by atoms with Gasteiger partial charge in [-0.25, -0.2) is 0 Å². The molecule has 0 radical (unpaired) electrons. The Bertz CT molecular complexity index is 180. The quantitative estimate of drug-likeness (QED) is 0.355. The number of rotatable bonds is 4. The third kappa shape index (κ3) is 4.62. The summed E-state index contributed by atoms with van der Waals surface area (Å²) in [7, 11) is 0. The molecule has 6 heteroatoms. The monoisotopic (exact) mass is 176 g/mol. The fraction of sp³-hybridized carbons (Fsp3) is 0.833. The lowest BCUT2D eigenvalue weighted by Gasteiger charge is -2.10. The lowest BCUT2D eigenvalue weighted by molar-refractivity contribution is -0.480. The first-order valence-corrected chi connectivity index (χ1v) is 3.51. The third-order valence-corrected chi connectivity index (χ3v) is 1.00. The van der Waals surface area contributed by atoms with Gasteiger partial charge in [-0.05, 0) is 13.8 Å². The molecule has 0 saturated heterocycles. The molecule has 0 aliphatic rings. The lowest BCUT2D eigenvalue weighted by Crippen LogP contribution is -2.39. The van der Waals surface area contributed by atoms with Crippen LogP contribution in [0.2, 0.25) is 0 Å². The van der Waals surface area contributed by atoms with Crippen LogP contribution in [0.4, 0.5) is 0 Å². The van der Waals surface area contributed by atoms with E-state index in [1.807, 2.05) is 0 Å². The van der Waals surface area contributed by atoms with Crippen molar-refractivity contribution in [2.24, 2.45) is 5.73 Å². The molecule has 70 valence electrons. The lowest BCUT2D eigenvalue weighted by atomic mass is 10.3. The van der Waals surface area contributed by atoms with Gasteiger partial charge in [-0.1, -0.05) is 0 Å². The van der Waals surface area contributed by atoms with Gasteiger partial charge < -0.3 is 10.5 Å². The Morgan fingerprint density at radius 2 is 2.17 bits per heavy atom. The van der Waals surface area contributed by atoms with E-state index in [4.69, 9.17) is 5.73 Å². The zero-order valence-electron chi connectivity index (χ0n) is 7.02. The summed E-state index contributed by atoms with van der Waals surface area (Å²) in [5.41, 5.74) is 5.15. The zero-order valence-corrected chi connectivity index (χ0v) is 7.02. The molecule has 0 aromatic carbocycles. The molecular weight excluding hydrogens is 164 g/mol. The second-order valence-corrected chi connectivity index (χ2v) is 2.61. The first-order chi connectivity index (χ1) is 5.43. The topological polar surface area (TPSA) is 95.5 Å². The van der Waals surface area contributed by atoms with Gasteiger partial charge >= 0.3 is 5.97 Å². The van der Waals surface area contributed by atoms with Crippen LogP contribution in [0.25, 0.3) is 0 Å². The minimum absolute atomic E-state index is 0.296. The highest BCUT2D eigenvalue weighted by Crippen LogP contribution is 1.92. The number of hydrogen-bond acceptors (Lipinski definition) is 5. The minimum Gasteiger partial charge on any atom is -0.462 e. The van der Waals surface area contributed by atoms with Crippen molar-refractivity contribution >= 4 is 5.97 Å². The van der Waals surface area contributed by atoms with E-state index < -0.39 is 23.5 Å². The molecule has 2 N–H and O–H groups in total. The van der Waals surface area contributed by atoms with Crippen molar-refractivity contribution < 1.29 is 14.5 Å². The molecule has 0 aromatic rings. The van der Waals surface area contributed by atoms with Crippen LogP contribution in [0.3, 0.4) is 0 Å². The number of hydrogen-bond donors (Lipinski definition) is 1.